The third-order valence-corrected chi connectivity index (χ3v) is 6.65. The summed E-state index contributed by atoms with van der Waals surface area (Å²) in [4.78, 5) is 9.72. The molecule has 0 radical (unpaired) electrons. The number of nitriles is 1. The monoisotopic (exact) mass is 436 g/mol. The molecular weight excluding hydrogens is 408 g/mol. The van der Waals surface area contributed by atoms with Crippen molar-refractivity contribution in [2.45, 2.75) is 18.9 Å². The third-order valence-electron chi connectivity index (χ3n) is 6.65. The fourth-order valence-corrected chi connectivity index (χ4v) is 4.73. The van der Waals surface area contributed by atoms with Gasteiger partial charge in [0.2, 0.25) is 0 Å². The van der Waals surface area contributed by atoms with E-state index < -0.39 is 0 Å². The van der Waals surface area contributed by atoms with Crippen LogP contribution in [-0.4, -0.2) is 52.9 Å². The zero-order valence-corrected chi connectivity index (χ0v) is 19.4. The molecular formula is C27H28N6. The van der Waals surface area contributed by atoms with Gasteiger partial charge in [0.1, 0.15) is 0 Å². The van der Waals surface area contributed by atoms with Gasteiger partial charge in [0, 0.05) is 48.9 Å². The van der Waals surface area contributed by atoms with Gasteiger partial charge in [-0.1, -0.05) is 24.3 Å². The van der Waals surface area contributed by atoms with Crippen molar-refractivity contribution in [2.24, 2.45) is 7.05 Å². The summed E-state index contributed by atoms with van der Waals surface area (Å²) >= 11 is 0. The van der Waals surface area contributed by atoms with Crippen molar-refractivity contribution < 1.29 is 0 Å². The van der Waals surface area contributed by atoms with E-state index in [4.69, 9.17) is 4.98 Å². The third kappa shape index (κ3) is 4.20. The van der Waals surface area contributed by atoms with Crippen LogP contribution in [0.5, 0.6) is 0 Å². The van der Waals surface area contributed by atoms with Crippen LogP contribution >= 0.6 is 0 Å². The van der Waals surface area contributed by atoms with Crippen molar-refractivity contribution in [3.05, 3.63) is 66.5 Å². The van der Waals surface area contributed by atoms with Gasteiger partial charge in [-0.05, 0) is 56.8 Å². The molecule has 1 fully saturated rings. The van der Waals surface area contributed by atoms with E-state index in [1.165, 1.54) is 0 Å². The lowest BCUT2D eigenvalue weighted by Gasteiger charge is -2.36. The Morgan fingerprint density at radius 3 is 2.42 bits per heavy atom. The largest absolute Gasteiger partial charge is 0.370 e. The number of rotatable bonds is 4. The molecule has 166 valence electrons. The second kappa shape index (κ2) is 8.68. The maximum Gasteiger partial charge on any atom is 0.0991 e. The zero-order valence-electron chi connectivity index (χ0n) is 19.4. The second-order valence-corrected chi connectivity index (χ2v) is 9.04. The number of hydrogen-bond donors (Lipinski definition) is 0. The molecule has 0 atom stereocenters. The Kier molecular flexibility index (Phi) is 5.57. The Balaban J connectivity index is 1.57. The van der Waals surface area contributed by atoms with Gasteiger partial charge in [0.05, 0.1) is 34.7 Å². The van der Waals surface area contributed by atoms with Gasteiger partial charge in [-0.2, -0.15) is 10.4 Å². The average Bonchev–Trinajstić information content (AvgIpc) is 3.23. The van der Waals surface area contributed by atoms with Gasteiger partial charge in [0.25, 0.3) is 0 Å². The average molecular weight is 437 g/mol. The lowest BCUT2D eigenvalue weighted by Crippen LogP contribution is -2.42. The SMILES string of the molecule is CN(C)C1CCN(c2cnc(-c3ccc4cn(C)nc4c3)c(-c3ccc(C#N)cc3)c2)CC1. The van der Waals surface area contributed by atoms with E-state index >= 15 is 0 Å². The number of piperidine rings is 1. The van der Waals surface area contributed by atoms with Crippen molar-refractivity contribution in [1.82, 2.24) is 19.7 Å². The first-order valence-corrected chi connectivity index (χ1v) is 11.4. The van der Waals surface area contributed by atoms with Gasteiger partial charge in [-0.15, -0.1) is 0 Å². The molecule has 6 nitrogen and oxygen atoms in total. The molecule has 6 heteroatoms. The molecule has 0 saturated carbocycles. The van der Waals surface area contributed by atoms with E-state index in [1.54, 1.807) is 0 Å². The highest BCUT2D eigenvalue weighted by atomic mass is 15.2. The first-order chi connectivity index (χ1) is 16.0. The molecule has 0 amide bonds. The molecule has 2 aromatic carbocycles. The van der Waals surface area contributed by atoms with E-state index in [2.05, 4.69) is 59.3 Å². The Bertz CT molecular complexity index is 1320. The maximum atomic E-state index is 9.23. The standard InChI is InChI=1S/C27H28N6/c1-31(2)23-10-12-33(13-11-23)24-15-25(20-6-4-19(16-28)5-7-20)27(29-17-24)21-8-9-22-18-32(3)30-26(22)14-21/h4-9,14-15,17-18,23H,10-13H2,1-3H3. The van der Waals surface area contributed by atoms with Crippen molar-refractivity contribution >= 4 is 16.6 Å². The molecule has 5 rings (SSSR count). The number of hydrogen-bond acceptors (Lipinski definition) is 5. The predicted octanol–water partition coefficient (Wildman–Crippen LogP) is 4.70. The summed E-state index contributed by atoms with van der Waals surface area (Å²) in [5.41, 5.74) is 6.86. The van der Waals surface area contributed by atoms with E-state index in [9.17, 15) is 5.26 Å². The number of pyridine rings is 1. The molecule has 1 saturated heterocycles. The Morgan fingerprint density at radius 1 is 1.00 bits per heavy atom. The summed E-state index contributed by atoms with van der Waals surface area (Å²) in [6.45, 7) is 2.05. The summed E-state index contributed by atoms with van der Waals surface area (Å²) in [5.74, 6) is 0. The minimum Gasteiger partial charge on any atom is -0.370 e. The van der Waals surface area contributed by atoms with Crippen LogP contribution in [0, 0.1) is 11.3 Å². The lowest BCUT2D eigenvalue weighted by molar-refractivity contribution is 0.249. The van der Waals surface area contributed by atoms with Crippen molar-refractivity contribution in [3.63, 3.8) is 0 Å². The topological polar surface area (TPSA) is 61.0 Å². The van der Waals surface area contributed by atoms with E-state index in [0.717, 1.165) is 64.9 Å². The fourth-order valence-electron chi connectivity index (χ4n) is 4.73. The summed E-state index contributed by atoms with van der Waals surface area (Å²) in [5, 5.41) is 14.9. The van der Waals surface area contributed by atoms with Crippen molar-refractivity contribution in [3.8, 4) is 28.5 Å². The summed E-state index contributed by atoms with van der Waals surface area (Å²) in [6.07, 6.45) is 6.32. The summed E-state index contributed by atoms with van der Waals surface area (Å²) < 4.78 is 1.84. The molecule has 2 aromatic heterocycles. The summed E-state index contributed by atoms with van der Waals surface area (Å²) in [7, 11) is 6.27. The molecule has 1 aliphatic rings. The zero-order chi connectivity index (χ0) is 22.9. The first-order valence-electron chi connectivity index (χ1n) is 11.4. The molecule has 1 aliphatic heterocycles. The second-order valence-electron chi connectivity index (χ2n) is 9.04. The predicted molar refractivity (Wildman–Crippen MR) is 133 cm³/mol. The van der Waals surface area contributed by atoms with E-state index in [-0.39, 0.29) is 0 Å². The molecule has 33 heavy (non-hydrogen) atoms. The van der Waals surface area contributed by atoms with Crippen LogP contribution in [0.25, 0.3) is 33.3 Å². The van der Waals surface area contributed by atoms with Crippen LogP contribution in [0.4, 0.5) is 5.69 Å². The minimum absolute atomic E-state index is 0.636. The minimum atomic E-state index is 0.636. The highest BCUT2D eigenvalue weighted by Gasteiger charge is 2.22. The summed E-state index contributed by atoms with van der Waals surface area (Å²) in [6, 6.07) is 19.2. The van der Waals surface area contributed by atoms with Crippen LogP contribution in [0.1, 0.15) is 18.4 Å². The van der Waals surface area contributed by atoms with Gasteiger partial charge in [-0.3, -0.25) is 9.67 Å². The number of anilines is 1. The van der Waals surface area contributed by atoms with Gasteiger partial charge in [0.15, 0.2) is 0 Å². The van der Waals surface area contributed by atoms with Gasteiger partial charge >= 0.3 is 0 Å². The van der Waals surface area contributed by atoms with Crippen LogP contribution < -0.4 is 4.90 Å². The Labute approximate surface area is 194 Å². The highest BCUT2D eigenvalue weighted by molar-refractivity contribution is 5.88. The normalized spacial score (nSPS) is 14.7. The Morgan fingerprint density at radius 2 is 1.73 bits per heavy atom. The fraction of sp³-hybridized carbons (Fsp3) is 0.296. The molecule has 3 heterocycles. The van der Waals surface area contributed by atoms with Crippen molar-refractivity contribution in [1.29, 1.82) is 5.26 Å². The Hall–Kier alpha value is -3.69. The molecule has 0 bridgehead atoms. The lowest BCUT2D eigenvalue weighted by atomic mass is 9.97. The number of fused-ring (bicyclic) bond motifs is 1. The van der Waals surface area contributed by atoms with Crippen LogP contribution in [0.3, 0.4) is 0 Å². The number of benzene rings is 2. The van der Waals surface area contributed by atoms with Gasteiger partial charge in [-0.25, -0.2) is 0 Å². The van der Waals surface area contributed by atoms with E-state index in [1.807, 2.05) is 48.4 Å². The molecule has 0 unspecified atom stereocenters. The number of nitrogens with zero attached hydrogens (tertiary/aromatic N) is 6. The first kappa shape index (κ1) is 21.2. The molecule has 4 aromatic rings. The van der Waals surface area contributed by atoms with Crippen molar-refractivity contribution in [2.75, 3.05) is 32.1 Å². The molecule has 0 N–H and O–H groups in total. The highest BCUT2D eigenvalue weighted by Crippen LogP contribution is 2.35. The quantitative estimate of drug-likeness (QED) is 0.464. The number of aryl methyl sites for hydroxylation is 1. The van der Waals surface area contributed by atoms with Crippen LogP contribution in [0.15, 0.2) is 60.9 Å². The molecule has 0 aliphatic carbocycles. The van der Waals surface area contributed by atoms with Gasteiger partial charge < -0.3 is 9.80 Å². The molecule has 0 spiro atoms. The number of aromatic nitrogens is 3. The van der Waals surface area contributed by atoms with Crippen LogP contribution in [0.2, 0.25) is 0 Å². The van der Waals surface area contributed by atoms with Crippen LogP contribution in [-0.2, 0) is 7.05 Å². The maximum absolute atomic E-state index is 9.23. The smallest absolute Gasteiger partial charge is 0.0991 e. The van der Waals surface area contributed by atoms with E-state index in [0.29, 0.717) is 11.6 Å².